The van der Waals surface area contributed by atoms with Crippen LogP contribution in [0.4, 0.5) is 0 Å². The zero-order valence-electron chi connectivity index (χ0n) is 10.6. The van der Waals surface area contributed by atoms with Gasteiger partial charge in [0.25, 0.3) is 0 Å². The summed E-state index contributed by atoms with van der Waals surface area (Å²) in [6.07, 6.45) is 3.67. The van der Waals surface area contributed by atoms with Crippen LogP contribution >= 0.6 is 0 Å². The average Bonchev–Trinajstić information content (AvgIpc) is 2.81. The van der Waals surface area contributed by atoms with Crippen molar-refractivity contribution in [2.75, 3.05) is 26.9 Å². The first-order chi connectivity index (χ1) is 8.27. The Labute approximate surface area is 102 Å². The summed E-state index contributed by atoms with van der Waals surface area (Å²) in [6.45, 7) is 4.82. The summed E-state index contributed by atoms with van der Waals surface area (Å²) >= 11 is 0. The maximum absolute atomic E-state index is 5.86. The van der Waals surface area contributed by atoms with Gasteiger partial charge in [0.1, 0.15) is 0 Å². The third-order valence-electron chi connectivity index (χ3n) is 2.48. The number of ether oxygens (including phenoxy) is 2. The van der Waals surface area contributed by atoms with E-state index < -0.39 is 0 Å². The topological polar surface area (TPSA) is 75.2 Å². The van der Waals surface area contributed by atoms with E-state index in [-0.39, 0.29) is 6.04 Å². The molecule has 0 amide bonds. The van der Waals surface area contributed by atoms with Crippen molar-refractivity contribution in [1.29, 1.82) is 0 Å². The maximum atomic E-state index is 5.86. The Morgan fingerprint density at radius 3 is 2.94 bits per heavy atom. The smallest absolute Gasteiger partial charge is 0.0994 e. The third kappa shape index (κ3) is 5.25. The van der Waals surface area contributed by atoms with Crippen LogP contribution in [0.3, 0.4) is 0 Å². The van der Waals surface area contributed by atoms with Crippen LogP contribution < -0.4 is 5.73 Å². The molecule has 0 aliphatic rings. The van der Waals surface area contributed by atoms with Crippen molar-refractivity contribution in [2.45, 2.75) is 32.4 Å². The number of nitrogens with two attached hydrogens (primary N) is 1. The lowest BCUT2D eigenvalue weighted by atomic mass is 10.2. The molecule has 2 N–H and O–H groups in total. The van der Waals surface area contributed by atoms with Gasteiger partial charge in [0, 0.05) is 20.3 Å². The predicted octanol–water partition coefficient (Wildman–Crippen LogP) is 0.741. The zero-order valence-corrected chi connectivity index (χ0v) is 10.6. The Bertz CT molecular complexity index is 303. The van der Waals surface area contributed by atoms with E-state index in [1.54, 1.807) is 11.8 Å². The van der Waals surface area contributed by atoms with Crippen molar-refractivity contribution < 1.29 is 9.47 Å². The van der Waals surface area contributed by atoms with Gasteiger partial charge in [0.05, 0.1) is 31.1 Å². The molecule has 1 rings (SSSR count). The number of methoxy groups -OCH3 is 1. The fraction of sp³-hybridized carbons (Fsp3) is 0.818. The molecule has 0 radical (unpaired) electrons. The molecule has 1 unspecified atom stereocenters. The SMILES string of the molecule is CCC(N)c1cn(CCOCCCOC)nn1. The van der Waals surface area contributed by atoms with Crippen LogP contribution in [-0.4, -0.2) is 41.9 Å². The van der Waals surface area contributed by atoms with Crippen LogP contribution in [0.2, 0.25) is 0 Å². The predicted molar refractivity (Wildman–Crippen MR) is 64.6 cm³/mol. The summed E-state index contributed by atoms with van der Waals surface area (Å²) < 4.78 is 12.1. The van der Waals surface area contributed by atoms with Gasteiger partial charge in [-0.25, -0.2) is 4.68 Å². The number of nitrogens with zero attached hydrogens (tertiary/aromatic N) is 3. The highest BCUT2D eigenvalue weighted by atomic mass is 16.5. The van der Waals surface area contributed by atoms with Crippen LogP contribution in [0.1, 0.15) is 31.5 Å². The number of rotatable bonds is 9. The molecule has 0 aliphatic heterocycles. The minimum absolute atomic E-state index is 0.0219. The highest BCUT2D eigenvalue weighted by Gasteiger charge is 2.07. The van der Waals surface area contributed by atoms with Crippen LogP contribution in [0.25, 0.3) is 0 Å². The molecule has 0 aromatic carbocycles. The molecule has 98 valence electrons. The molecular formula is C11H22N4O2. The fourth-order valence-electron chi connectivity index (χ4n) is 1.37. The average molecular weight is 242 g/mol. The first kappa shape index (κ1) is 14.1. The Morgan fingerprint density at radius 2 is 2.24 bits per heavy atom. The van der Waals surface area contributed by atoms with Crippen LogP contribution in [-0.2, 0) is 16.0 Å². The minimum Gasteiger partial charge on any atom is -0.385 e. The maximum Gasteiger partial charge on any atom is 0.0994 e. The standard InChI is InChI=1S/C11H22N4O2/c1-3-10(12)11-9-15(14-13-11)5-8-17-7-4-6-16-2/h9-10H,3-8,12H2,1-2H3. The Hall–Kier alpha value is -0.980. The lowest BCUT2D eigenvalue weighted by molar-refractivity contribution is 0.0958. The molecule has 17 heavy (non-hydrogen) atoms. The molecule has 0 fully saturated rings. The highest BCUT2D eigenvalue weighted by molar-refractivity contribution is 4.98. The number of hydrogen-bond acceptors (Lipinski definition) is 5. The third-order valence-corrected chi connectivity index (χ3v) is 2.48. The van der Waals surface area contributed by atoms with Crippen molar-refractivity contribution >= 4 is 0 Å². The van der Waals surface area contributed by atoms with Crippen molar-refractivity contribution in [3.8, 4) is 0 Å². The van der Waals surface area contributed by atoms with Gasteiger partial charge >= 0.3 is 0 Å². The first-order valence-electron chi connectivity index (χ1n) is 6.00. The van der Waals surface area contributed by atoms with Crippen LogP contribution in [0, 0.1) is 0 Å². The van der Waals surface area contributed by atoms with Gasteiger partial charge in [-0.3, -0.25) is 0 Å². The fourth-order valence-corrected chi connectivity index (χ4v) is 1.37. The van der Waals surface area contributed by atoms with Gasteiger partial charge < -0.3 is 15.2 Å². The molecule has 1 aromatic heterocycles. The second-order valence-corrected chi connectivity index (χ2v) is 3.88. The van der Waals surface area contributed by atoms with E-state index in [2.05, 4.69) is 10.3 Å². The second kappa shape index (κ2) is 8.16. The lowest BCUT2D eigenvalue weighted by Gasteiger charge is -2.04. The monoisotopic (exact) mass is 242 g/mol. The van der Waals surface area contributed by atoms with Gasteiger partial charge in [-0.2, -0.15) is 0 Å². The molecule has 0 saturated carbocycles. The quantitative estimate of drug-likeness (QED) is 0.646. The summed E-state index contributed by atoms with van der Waals surface area (Å²) in [5.41, 5.74) is 6.70. The van der Waals surface area contributed by atoms with Gasteiger partial charge in [-0.15, -0.1) is 5.10 Å². The summed E-state index contributed by atoms with van der Waals surface area (Å²) in [4.78, 5) is 0. The first-order valence-corrected chi connectivity index (χ1v) is 6.00. The Morgan fingerprint density at radius 1 is 1.41 bits per heavy atom. The van der Waals surface area contributed by atoms with Gasteiger partial charge in [0.2, 0.25) is 0 Å². The summed E-state index contributed by atoms with van der Waals surface area (Å²) in [5.74, 6) is 0. The number of hydrogen-bond donors (Lipinski definition) is 1. The minimum atomic E-state index is -0.0219. The van der Waals surface area contributed by atoms with Crippen molar-refractivity contribution in [2.24, 2.45) is 5.73 Å². The molecule has 0 bridgehead atoms. The van der Waals surface area contributed by atoms with Crippen molar-refractivity contribution in [1.82, 2.24) is 15.0 Å². The van der Waals surface area contributed by atoms with Gasteiger partial charge in [0.15, 0.2) is 0 Å². The molecule has 6 heteroatoms. The zero-order chi connectivity index (χ0) is 12.5. The Balaban J connectivity index is 2.16. The summed E-state index contributed by atoms with van der Waals surface area (Å²) in [5, 5.41) is 8.03. The Kier molecular flexibility index (Phi) is 6.76. The number of aromatic nitrogens is 3. The van der Waals surface area contributed by atoms with Crippen LogP contribution in [0.5, 0.6) is 0 Å². The van der Waals surface area contributed by atoms with E-state index in [0.717, 1.165) is 25.1 Å². The summed E-state index contributed by atoms with van der Waals surface area (Å²) in [6, 6.07) is -0.0219. The van der Waals surface area contributed by atoms with Crippen molar-refractivity contribution in [3.05, 3.63) is 11.9 Å². The lowest BCUT2D eigenvalue weighted by Crippen LogP contribution is -2.09. The molecule has 0 aliphatic carbocycles. The van der Waals surface area contributed by atoms with E-state index in [1.807, 2.05) is 13.1 Å². The van der Waals surface area contributed by atoms with E-state index in [1.165, 1.54) is 0 Å². The molecule has 1 atom stereocenters. The molecule has 0 spiro atoms. The van der Waals surface area contributed by atoms with Gasteiger partial charge in [-0.05, 0) is 12.8 Å². The van der Waals surface area contributed by atoms with Gasteiger partial charge in [-0.1, -0.05) is 12.1 Å². The largest absolute Gasteiger partial charge is 0.385 e. The molecular weight excluding hydrogens is 220 g/mol. The van der Waals surface area contributed by atoms with E-state index in [9.17, 15) is 0 Å². The molecule has 6 nitrogen and oxygen atoms in total. The normalized spacial score (nSPS) is 12.9. The molecule has 0 saturated heterocycles. The second-order valence-electron chi connectivity index (χ2n) is 3.88. The summed E-state index contributed by atoms with van der Waals surface area (Å²) in [7, 11) is 1.69. The van der Waals surface area contributed by atoms with Crippen molar-refractivity contribution in [3.63, 3.8) is 0 Å². The van der Waals surface area contributed by atoms with Crippen LogP contribution in [0.15, 0.2) is 6.20 Å². The van der Waals surface area contributed by atoms with E-state index in [4.69, 9.17) is 15.2 Å². The highest BCUT2D eigenvalue weighted by Crippen LogP contribution is 2.08. The van der Waals surface area contributed by atoms with E-state index >= 15 is 0 Å². The molecule has 1 aromatic rings. The molecule has 1 heterocycles. The van der Waals surface area contributed by atoms with E-state index in [0.29, 0.717) is 19.8 Å².